The summed E-state index contributed by atoms with van der Waals surface area (Å²) in [5.41, 5.74) is 2.89. The summed E-state index contributed by atoms with van der Waals surface area (Å²) < 4.78 is 31.6. The van der Waals surface area contributed by atoms with E-state index in [1.165, 1.54) is 12.1 Å². The molecular formula is C17H15FO2S. The lowest BCUT2D eigenvalue weighted by molar-refractivity contribution is 0.564. The van der Waals surface area contributed by atoms with Crippen molar-refractivity contribution >= 4 is 21.8 Å². The average molecular weight is 302 g/mol. The molecule has 3 aromatic rings. The van der Waals surface area contributed by atoms with E-state index < -0.39 is 10.8 Å². The highest BCUT2D eigenvalue weighted by molar-refractivity contribution is 7.85. The fraction of sp³-hybridized carbons (Fsp3) is 0.176. The lowest BCUT2D eigenvalue weighted by Gasteiger charge is -2.03. The zero-order valence-corrected chi connectivity index (χ0v) is 12.9. The van der Waals surface area contributed by atoms with E-state index in [4.69, 9.17) is 4.42 Å². The van der Waals surface area contributed by atoms with Gasteiger partial charge in [0, 0.05) is 10.3 Å². The van der Waals surface area contributed by atoms with Crippen LogP contribution in [-0.2, 0) is 10.8 Å². The Morgan fingerprint density at radius 2 is 1.71 bits per heavy atom. The Morgan fingerprint density at radius 3 is 2.38 bits per heavy atom. The van der Waals surface area contributed by atoms with Gasteiger partial charge in [-0.2, -0.15) is 0 Å². The molecule has 1 heterocycles. The second-order valence-corrected chi connectivity index (χ2v) is 6.59. The van der Waals surface area contributed by atoms with Gasteiger partial charge >= 0.3 is 0 Å². The van der Waals surface area contributed by atoms with Crippen LogP contribution in [0, 0.1) is 26.6 Å². The maximum absolute atomic E-state index is 13.0. The van der Waals surface area contributed by atoms with E-state index in [0.717, 1.165) is 22.1 Å². The van der Waals surface area contributed by atoms with Gasteiger partial charge in [0.15, 0.2) is 0 Å². The average Bonchev–Trinajstić information content (AvgIpc) is 2.75. The Labute approximate surface area is 125 Å². The van der Waals surface area contributed by atoms with E-state index in [-0.39, 0.29) is 5.82 Å². The van der Waals surface area contributed by atoms with E-state index in [1.54, 1.807) is 12.1 Å². The van der Waals surface area contributed by atoms with E-state index in [0.29, 0.717) is 15.6 Å². The molecule has 1 atom stereocenters. The number of furan rings is 1. The van der Waals surface area contributed by atoms with E-state index in [1.807, 2.05) is 32.9 Å². The van der Waals surface area contributed by atoms with Crippen LogP contribution in [0.15, 0.2) is 50.6 Å². The molecule has 0 radical (unpaired) electrons. The van der Waals surface area contributed by atoms with E-state index >= 15 is 0 Å². The molecule has 0 fully saturated rings. The third-order valence-electron chi connectivity index (χ3n) is 3.45. The van der Waals surface area contributed by atoms with Crippen molar-refractivity contribution in [2.75, 3.05) is 0 Å². The lowest BCUT2D eigenvalue weighted by Crippen LogP contribution is -1.94. The number of fused-ring (bicyclic) bond motifs is 1. The molecule has 108 valence electrons. The molecule has 0 aliphatic rings. The molecule has 21 heavy (non-hydrogen) atoms. The van der Waals surface area contributed by atoms with Crippen LogP contribution in [0.4, 0.5) is 4.39 Å². The molecule has 0 saturated carbocycles. The van der Waals surface area contributed by atoms with Crippen molar-refractivity contribution in [3.8, 4) is 0 Å². The van der Waals surface area contributed by atoms with Gasteiger partial charge in [0.25, 0.3) is 0 Å². The first-order valence-corrected chi connectivity index (χ1v) is 7.80. The molecule has 0 unspecified atom stereocenters. The monoisotopic (exact) mass is 302 g/mol. The predicted octanol–water partition coefficient (Wildman–Crippen LogP) is 4.66. The molecule has 0 aliphatic heterocycles. The Balaban J connectivity index is 2.22. The number of halogens is 1. The van der Waals surface area contributed by atoms with Gasteiger partial charge in [-0.3, -0.25) is 0 Å². The van der Waals surface area contributed by atoms with Crippen molar-refractivity contribution in [2.24, 2.45) is 0 Å². The Hall–Kier alpha value is -1.94. The highest BCUT2D eigenvalue weighted by atomic mass is 32.2. The van der Waals surface area contributed by atoms with Crippen molar-refractivity contribution in [3.63, 3.8) is 0 Å². The third-order valence-corrected chi connectivity index (χ3v) is 5.03. The summed E-state index contributed by atoms with van der Waals surface area (Å²) in [6.07, 6.45) is 0. The largest absolute Gasteiger partial charge is 0.460 e. The summed E-state index contributed by atoms with van der Waals surface area (Å²) in [7, 11) is -1.39. The van der Waals surface area contributed by atoms with Gasteiger partial charge in [-0.25, -0.2) is 8.60 Å². The van der Waals surface area contributed by atoms with Crippen LogP contribution in [0.5, 0.6) is 0 Å². The molecule has 0 N–H and O–H groups in total. The molecule has 2 nitrogen and oxygen atoms in total. The van der Waals surface area contributed by atoms with Crippen LogP contribution in [0.1, 0.15) is 16.9 Å². The zero-order valence-electron chi connectivity index (χ0n) is 12.1. The molecule has 1 aromatic heterocycles. The quantitative estimate of drug-likeness (QED) is 0.689. The second-order valence-electron chi connectivity index (χ2n) is 5.17. The summed E-state index contributed by atoms with van der Waals surface area (Å²) in [6, 6.07) is 9.76. The first-order valence-electron chi connectivity index (χ1n) is 6.65. The van der Waals surface area contributed by atoms with Crippen LogP contribution in [0.2, 0.25) is 0 Å². The van der Waals surface area contributed by atoms with Gasteiger partial charge in [0.1, 0.15) is 17.2 Å². The molecule has 0 aliphatic carbocycles. The van der Waals surface area contributed by atoms with E-state index in [2.05, 4.69) is 0 Å². The first kappa shape index (κ1) is 14.0. The normalized spacial score (nSPS) is 12.8. The molecule has 0 saturated heterocycles. The van der Waals surface area contributed by atoms with E-state index in [9.17, 15) is 8.60 Å². The van der Waals surface area contributed by atoms with Crippen LogP contribution in [-0.4, -0.2) is 4.21 Å². The minimum Gasteiger partial charge on any atom is -0.460 e. The SMILES string of the molecule is Cc1cc(C)c2oc(C)c([S@](=O)c3ccc(F)cc3)c2c1. The lowest BCUT2D eigenvalue weighted by atomic mass is 10.1. The number of aryl methyl sites for hydroxylation is 3. The second kappa shape index (κ2) is 5.11. The summed E-state index contributed by atoms with van der Waals surface area (Å²) >= 11 is 0. The fourth-order valence-electron chi connectivity index (χ4n) is 2.55. The highest BCUT2D eigenvalue weighted by Crippen LogP contribution is 2.33. The number of rotatable bonds is 2. The molecule has 3 rings (SSSR count). The van der Waals surface area contributed by atoms with Crippen LogP contribution < -0.4 is 0 Å². The first-order chi connectivity index (χ1) is 9.97. The van der Waals surface area contributed by atoms with Gasteiger partial charge in [-0.05, 0) is 62.2 Å². The summed E-state index contributed by atoms with van der Waals surface area (Å²) in [5.74, 6) is 0.303. The minimum absolute atomic E-state index is 0.337. The number of benzene rings is 2. The standard InChI is InChI=1S/C17H15FO2S/c1-10-8-11(2)16-15(9-10)17(12(3)20-16)21(19)14-6-4-13(18)5-7-14/h4-9H,1-3H3/t21-/m1/s1. The topological polar surface area (TPSA) is 30.2 Å². The summed E-state index contributed by atoms with van der Waals surface area (Å²) in [5, 5.41) is 0.868. The van der Waals surface area contributed by atoms with Gasteiger partial charge in [-0.1, -0.05) is 6.07 Å². The Bertz CT molecular complexity index is 847. The molecule has 4 heteroatoms. The highest BCUT2D eigenvalue weighted by Gasteiger charge is 2.19. The summed E-state index contributed by atoms with van der Waals surface area (Å²) in [6.45, 7) is 5.79. The number of hydrogen-bond acceptors (Lipinski definition) is 2. The molecule has 0 amide bonds. The van der Waals surface area contributed by atoms with Crippen LogP contribution in [0.25, 0.3) is 11.0 Å². The Morgan fingerprint density at radius 1 is 1.05 bits per heavy atom. The van der Waals surface area contributed by atoms with Crippen LogP contribution >= 0.6 is 0 Å². The van der Waals surface area contributed by atoms with Crippen molar-refractivity contribution in [1.29, 1.82) is 0 Å². The van der Waals surface area contributed by atoms with Gasteiger partial charge in [0.2, 0.25) is 0 Å². The van der Waals surface area contributed by atoms with Crippen molar-refractivity contribution < 1.29 is 13.0 Å². The van der Waals surface area contributed by atoms with Crippen LogP contribution in [0.3, 0.4) is 0 Å². The maximum Gasteiger partial charge on any atom is 0.138 e. The third kappa shape index (κ3) is 2.40. The molecule has 0 bridgehead atoms. The predicted molar refractivity (Wildman–Crippen MR) is 81.5 cm³/mol. The zero-order chi connectivity index (χ0) is 15.1. The van der Waals surface area contributed by atoms with Gasteiger partial charge in [0.05, 0.1) is 15.7 Å². The molecular weight excluding hydrogens is 287 g/mol. The smallest absolute Gasteiger partial charge is 0.138 e. The van der Waals surface area contributed by atoms with Crippen molar-refractivity contribution in [1.82, 2.24) is 0 Å². The number of hydrogen-bond donors (Lipinski definition) is 0. The van der Waals surface area contributed by atoms with Crippen molar-refractivity contribution in [3.05, 3.63) is 59.1 Å². The van der Waals surface area contributed by atoms with Crippen molar-refractivity contribution in [2.45, 2.75) is 30.6 Å². The fourth-order valence-corrected chi connectivity index (χ4v) is 3.83. The Kier molecular flexibility index (Phi) is 3.41. The van der Waals surface area contributed by atoms with Gasteiger partial charge in [-0.15, -0.1) is 0 Å². The van der Waals surface area contributed by atoms with Gasteiger partial charge < -0.3 is 4.42 Å². The molecule has 2 aromatic carbocycles. The maximum atomic E-state index is 13.0. The minimum atomic E-state index is -1.39. The summed E-state index contributed by atoms with van der Waals surface area (Å²) in [4.78, 5) is 1.24. The molecule has 0 spiro atoms.